The van der Waals surface area contributed by atoms with Crippen molar-refractivity contribution in [1.29, 1.82) is 0 Å². The van der Waals surface area contributed by atoms with Crippen LogP contribution in [0.4, 0.5) is 50.9 Å². The quantitative estimate of drug-likeness (QED) is 0.0955. The Morgan fingerprint density at radius 1 is 0.553 bits per heavy atom. The van der Waals surface area contributed by atoms with Crippen molar-refractivity contribution in [2.24, 2.45) is 0 Å². The second kappa shape index (κ2) is 23.8. The largest absolute Gasteiger partial charge is 0.497 e. The number of benzene rings is 6. The average molecular weight is 1180 g/mol. The fourth-order valence-corrected chi connectivity index (χ4v) is 12.3. The van der Waals surface area contributed by atoms with Gasteiger partial charge in [-0.2, -0.15) is 39.5 Å². The predicted molar refractivity (Wildman–Crippen MR) is 273 cm³/mol. The second-order valence-electron chi connectivity index (χ2n) is 17.3. The lowest BCUT2D eigenvalue weighted by Crippen LogP contribution is -2.23. The topological polar surface area (TPSA) is 127 Å². The van der Waals surface area contributed by atoms with Crippen LogP contribution >= 0.6 is 46.7 Å². The Balaban J connectivity index is 0.000000221. The SMILES string of the molecule is CN1CC[C@@H](Oc2cc(NS(=O)(=O)c3ccc(Sc4ccc(C(F)(F)F)cc4)c(Cl)c3)ccc2C(F)(F)F)C1.COc1cccc(Sc2ccc(S(=O)(=O)Nc3ccc(C(F)(F)F)c(O[C@@H]4CCN(C)C4)c3)cc2Cl)c1. The summed E-state index contributed by atoms with van der Waals surface area (Å²) in [6.07, 6.45) is -13.6. The van der Waals surface area contributed by atoms with Gasteiger partial charge in [0.25, 0.3) is 20.0 Å². The number of nitrogens with one attached hydrogen (secondary N) is 2. The van der Waals surface area contributed by atoms with Crippen LogP contribution in [0.1, 0.15) is 29.5 Å². The van der Waals surface area contributed by atoms with Crippen LogP contribution in [0.2, 0.25) is 10.0 Å². The molecule has 8 rings (SSSR count). The van der Waals surface area contributed by atoms with E-state index in [-0.39, 0.29) is 31.2 Å². The van der Waals surface area contributed by atoms with Crippen LogP contribution in [0.3, 0.4) is 0 Å². The molecule has 0 bridgehead atoms. The summed E-state index contributed by atoms with van der Waals surface area (Å²) in [7, 11) is -3.18. The third-order valence-corrected chi connectivity index (χ3v) is 17.2. The first kappa shape index (κ1) is 58.5. The van der Waals surface area contributed by atoms with Crippen molar-refractivity contribution >= 4 is 78.1 Å². The lowest BCUT2D eigenvalue weighted by Gasteiger charge is -2.19. The highest BCUT2D eigenvalue weighted by molar-refractivity contribution is 7.99. The minimum atomic E-state index is -4.70. The minimum Gasteiger partial charge on any atom is -0.497 e. The van der Waals surface area contributed by atoms with Gasteiger partial charge in [0.05, 0.1) is 55.0 Å². The monoisotopic (exact) mass is 1180 g/mol. The van der Waals surface area contributed by atoms with Crippen LogP contribution in [-0.2, 0) is 38.6 Å². The molecule has 0 aliphatic carbocycles. The Bertz CT molecular complexity index is 3270. The maximum atomic E-state index is 13.6. The molecule has 0 aromatic heterocycles. The van der Waals surface area contributed by atoms with E-state index in [1.165, 1.54) is 48.2 Å². The van der Waals surface area contributed by atoms with Gasteiger partial charge in [-0.1, -0.05) is 52.8 Å². The van der Waals surface area contributed by atoms with Crippen LogP contribution in [0, 0.1) is 0 Å². The summed E-state index contributed by atoms with van der Waals surface area (Å²) in [6.45, 7) is 2.27. The molecule has 6 aromatic rings. The van der Waals surface area contributed by atoms with Gasteiger partial charge in [0, 0.05) is 57.9 Å². The summed E-state index contributed by atoms with van der Waals surface area (Å²) < 4.78 is 193. The van der Waals surface area contributed by atoms with Crippen molar-refractivity contribution in [3.05, 3.63) is 148 Å². The standard InChI is InChI=1S/C25H21ClF6N2O3S2.C25H24ClF3N2O4S2/c1-34-11-10-17(14-34)37-22-12-16(4-8-20(22)25(30,31)32)33-39(35,36)19-7-9-23(21(26)13-19)38-18-5-2-15(3-6-18)24(27,28)29;1-31-11-10-18(15-31)35-23-12-16(6-8-21(23)25(27,28)29)30-37(32,33)20-7-9-24(22(26)14-20)36-19-5-3-4-17(13-19)34-2/h2-9,12-13,17,33H,10-11,14H2,1H3;3-9,12-14,18,30H,10-11,15H2,1-2H3/t17-;18-/m11/s1. The number of likely N-dealkylation sites (N-methyl/N-ethyl adjacent to an activating group) is 2. The van der Waals surface area contributed by atoms with Crippen molar-refractivity contribution in [3.63, 3.8) is 0 Å². The molecule has 2 aliphatic rings. The number of hydrogen-bond acceptors (Lipinski definition) is 11. The molecule has 26 heteroatoms. The van der Waals surface area contributed by atoms with E-state index in [0.29, 0.717) is 59.5 Å². The van der Waals surface area contributed by atoms with Crippen molar-refractivity contribution in [3.8, 4) is 17.2 Å². The van der Waals surface area contributed by atoms with E-state index in [1.807, 2.05) is 42.1 Å². The molecule has 2 fully saturated rings. The number of rotatable bonds is 15. The van der Waals surface area contributed by atoms with Crippen LogP contribution in [-0.4, -0.2) is 86.2 Å². The Hall–Kier alpha value is -5.21. The number of anilines is 2. The molecule has 0 unspecified atom stereocenters. The zero-order valence-electron chi connectivity index (χ0n) is 40.0. The number of ether oxygens (including phenoxy) is 3. The van der Waals surface area contributed by atoms with Gasteiger partial charge in [-0.15, -0.1) is 0 Å². The van der Waals surface area contributed by atoms with Crippen LogP contribution in [0.25, 0.3) is 0 Å². The Kier molecular flexibility index (Phi) is 18.3. The molecular formula is C50H45Cl2F9N4O7S4. The van der Waals surface area contributed by atoms with Gasteiger partial charge in [0.15, 0.2) is 0 Å². The van der Waals surface area contributed by atoms with E-state index < -0.39 is 79.0 Å². The van der Waals surface area contributed by atoms with Crippen LogP contribution in [0.15, 0.2) is 151 Å². The molecule has 0 spiro atoms. The molecule has 0 saturated carbocycles. The van der Waals surface area contributed by atoms with Gasteiger partial charge >= 0.3 is 18.5 Å². The number of sulfonamides is 2. The lowest BCUT2D eigenvalue weighted by atomic mass is 10.1. The van der Waals surface area contributed by atoms with E-state index in [4.69, 9.17) is 37.4 Å². The predicted octanol–water partition coefficient (Wildman–Crippen LogP) is 13.8. The molecule has 76 heavy (non-hydrogen) atoms. The summed E-state index contributed by atoms with van der Waals surface area (Å²) in [4.78, 5) is 5.78. The fourth-order valence-electron chi connectivity index (χ4n) is 7.70. The first-order valence-electron chi connectivity index (χ1n) is 22.5. The highest BCUT2D eigenvalue weighted by Crippen LogP contribution is 2.43. The highest BCUT2D eigenvalue weighted by atomic mass is 35.5. The number of halogens is 11. The van der Waals surface area contributed by atoms with E-state index in [0.717, 1.165) is 71.3 Å². The summed E-state index contributed by atoms with van der Waals surface area (Å²) in [5.41, 5.74) is -2.98. The molecule has 2 saturated heterocycles. The Morgan fingerprint density at radius 3 is 1.38 bits per heavy atom. The fraction of sp³-hybridized carbons (Fsp3) is 0.280. The maximum absolute atomic E-state index is 13.6. The number of alkyl halides is 9. The number of nitrogens with zero attached hydrogens (tertiary/aromatic N) is 2. The summed E-state index contributed by atoms with van der Waals surface area (Å²) in [5, 5.41) is 0.224. The summed E-state index contributed by atoms with van der Waals surface area (Å²) in [6, 6.07) is 25.4. The van der Waals surface area contributed by atoms with Gasteiger partial charge in [0.1, 0.15) is 29.5 Å². The normalized spacial score (nSPS) is 16.7. The van der Waals surface area contributed by atoms with E-state index in [2.05, 4.69) is 9.44 Å². The van der Waals surface area contributed by atoms with E-state index >= 15 is 0 Å². The third kappa shape index (κ3) is 15.5. The van der Waals surface area contributed by atoms with E-state index in [1.54, 1.807) is 19.2 Å². The molecule has 0 radical (unpaired) electrons. The van der Waals surface area contributed by atoms with E-state index in [9.17, 15) is 56.3 Å². The molecule has 6 aromatic carbocycles. The molecule has 2 N–H and O–H groups in total. The van der Waals surface area contributed by atoms with Crippen LogP contribution < -0.4 is 23.7 Å². The smallest absolute Gasteiger partial charge is 0.419 e. The minimum absolute atomic E-state index is 0.0181. The molecule has 2 atom stereocenters. The van der Waals surface area contributed by atoms with Gasteiger partial charge in [-0.05, 0) is 130 Å². The summed E-state index contributed by atoms with van der Waals surface area (Å²) >= 11 is 15.0. The highest BCUT2D eigenvalue weighted by Gasteiger charge is 2.38. The van der Waals surface area contributed by atoms with Crippen molar-refractivity contribution in [1.82, 2.24) is 9.80 Å². The number of hydrogen-bond donors (Lipinski definition) is 2. The Morgan fingerprint density at radius 2 is 1.00 bits per heavy atom. The van der Waals surface area contributed by atoms with Gasteiger partial charge in [-0.3, -0.25) is 9.44 Å². The molecule has 2 heterocycles. The van der Waals surface area contributed by atoms with Crippen molar-refractivity contribution < 1.29 is 70.6 Å². The van der Waals surface area contributed by atoms with Gasteiger partial charge in [-0.25, -0.2) is 16.8 Å². The molecule has 408 valence electrons. The molecule has 0 amide bonds. The number of likely N-dealkylation sites (tertiary alicyclic amines) is 2. The Labute approximate surface area is 451 Å². The molecule has 2 aliphatic heterocycles. The average Bonchev–Trinajstić information content (AvgIpc) is 3.95. The third-order valence-electron chi connectivity index (χ3n) is 11.5. The van der Waals surface area contributed by atoms with Gasteiger partial charge < -0.3 is 24.0 Å². The zero-order chi connectivity index (χ0) is 55.4. The summed E-state index contributed by atoms with van der Waals surface area (Å²) in [5.74, 6) is -0.232. The molecular weight excluding hydrogens is 1140 g/mol. The number of methoxy groups -OCH3 is 1. The second-order valence-corrected chi connectivity index (χ2v) is 23.7. The lowest BCUT2D eigenvalue weighted by molar-refractivity contribution is -0.140. The van der Waals surface area contributed by atoms with Crippen molar-refractivity contribution in [2.45, 2.75) is 73.0 Å². The first-order valence-corrected chi connectivity index (χ1v) is 27.9. The molecule has 11 nitrogen and oxygen atoms in total. The zero-order valence-corrected chi connectivity index (χ0v) is 44.8. The first-order chi connectivity index (χ1) is 35.6. The van der Waals surface area contributed by atoms with Gasteiger partial charge in [0.2, 0.25) is 0 Å². The van der Waals surface area contributed by atoms with Crippen molar-refractivity contribution in [2.75, 3.05) is 56.8 Å². The van der Waals surface area contributed by atoms with Crippen LogP contribution in [0.5, 0.6) is 17.2 Å². The maximum Gasteiger partial charge on any atom is 0.419 e.